The number of aromatic nitrogens is 1. The number of nitrogens with zero attached hydrogens (tertiary/aromatic N) is 2. The van der Waals surface area contributed by atoms with Crippen molar-refractivity contribution in [2.45, 2.75) is 6.92 Å². The van der Waals surface area contributed by atoms with E-state index in [1.54, 1.807) is 0 Å². The number of thiophene rings is 1. The molecule has 1 aliphatic heterocycles. The van der Waals surface area contributed by atoms with Crippen LogP contribution in [0.4, 0.5) is 5.69 Å². The first-order valence-electron chi connectivity index (χ1n) is 8.86. The molecule has 0 spiro atoms. The van der Waals surface area contributed by atoms with Gasteiger partial charge in [0, 0.05) is 48.2 Å². The van der Waals surface area contributed by atoms with Crippen LogP contribution in [0, 0.1) is 6.92 Å². The van der Waals surface area contributed by atoms with E-state index in [9.17, 15) is 9.59 Å². The highest BCUT2D eigenvalue weighted by molar-refractivity contribution is 7.99. The van der Waals surface area contributed by atoms with Crippen molar-refractivity contribution < 1.29 is 9.59 Å². The van der Waals surface area contributed by atoms with E-state index in [2.05, 4.69) is 5.32 Å². The quantitative estimate of drug-likeness (QED) is 0.725. The Kier molecular flexibility index (Phi) is 4.97. The lowest BCUT2D eigenvalue weighted by Gasteiger charge is -2.25. The van der Waals surface area contributed by atoms with Gasteiger partial charge in [-0.1, -0.05) is 0 Å². The van der Waals surface area contributed by atoms with Crippen molar-refractivity contribution >= 4 is 50.7 Å². The summed E-state index contributed by atoms with van der Waals surface area (Å²) < 4.78 is 2.87. The molecular formula is C20H21N3O2S2. The summed E-state index contributed by atoms with van der Waals surface area (Å²) in [5.74, 6) is 1.99. The Balaban J connectivity index is 1.54. The molecule has 5 nitrogen and oxygen atoms in total. The maximum Gasteiger partial charge on any atom is 0.272 e. The number of hydrogen-bond donors (Lipinski definition) is 1. The van der Waals surface area contributed by atoms with Gasteiger partial charge in [0.25, 0.3) is 11.8 Å². The second-order valence-corrected chi connectivity index (χ2v) is 9.04. The zero-order valence-corrected chi connectivity index (χ0v) is 17.0. The number of carbonyl (C=O) groups is 2. The van der Waals surface area contributed by atoms with Gasteiger partial charge >= 0.3 is 0 Å². The van der Waals surface area contributed by atoms with Crippen LogP contribution in [0.2, 0.25) is 0 Å². The third-order valence-electron chi connectivity index (χ3n) is 4.66. The van der Waals surface area contributed by atoms with E-state index in [0.29, 0.717) is 5.69 Å². The van der Waals surface area contributed by atoms with Crippen LogP contribution in [0.15, 0.2) is 36.5 Å². The Bertz CT molecular complexity index is 1020. The number of aryl methyl sites for hydroxylation is 2. The topological polar surface area (TPSA) is 54.3 Å². The molecule has 2 amide bonds. The molecule has 0 atom stereocenters. The van der Waals surface area contributed by atoms with E-state index < -0.39 is 0 Å². The molecule has 1 aliphatic rings. The van der Waals surface area contributed by atoms with Gasteiger partial charge in [0.05, 0.1) is 4.88 Å². The summed E-state index contributed by atoms with van der Waals surface area (Å²) >= 11 is 3.41. The number of nitrogens with one attached hydrogen (secondary N) is 1. The van der Waals surface area contributed by atoms with E-state index in [4.69, 9.17) is 0 Å². The van der Waals surface area contributed by atoms with Gasteiger partial charge in [-0.2, -0.15) is 11.8 Å². The van der Waals surface area contributed by atoms with Gasteiger partial charge in [0.15, 0.2) is 0 Å². The molecule has 0 bridgehead atoms. The van der Waals surface area contributed by atoms with Gasteiger partial charge in [-0.15, -0.1) is 11.3 Å². The van der Waals surface area contributed by atoms with Crippen molar-refractivity contribution in [3.8, 4) is 0 Å². The Morgan fingerprint density at radius 1 is 1.11 bits per heavy atom. The van der Waals surface area contributed by atoms with Crippen LogP contribution in [0.3, 0.4) is 0 Å². The fourth-order valence-electron chi connectivity index (χ4n) is 3.30. The number of hydrogen-bond acceptors (Lipinski definition) is 4. The van der Waals surface area contributed by atoms with E-state index >= 15 is 0 Å². The minimum Gasteiger partial charge on any atom is -0.346 e. The first kappa shape index (κ1) is 18.1. The largest absolute Gasteiger partial charge is 0.346 e. The third kappa shape index (κ3) is 3.75. The molecule has 3 aromatic rings. The molecule has 1 fully saturated rings. The second kappa shape index (κ2) is 7.40. The van der Waals surface area contributed by atoms with Gasteiger partial charge in [-0.05, 0) is 48.2 Å². The third-order valence-corrected chi connectivity index (χ3v) is 6.70. The number of benzene rings is 1. The number of carbonyl (C=O) groups excluding carboxylic acids is 2. The van der Waals surface area contributed by atoms with Crippen LogP contribution in [0.5, 0.6) is 0 Å². The molecule has 0 radical (unpaired) electrons. The van der Waals surface area contributed by atoms with Gasteiger partial charge in [0.1, 0.15) is 5.69 Å². The molecule has 4 rings (SSSR count). The molecule has 3 heterocycles. The van der Waals surface area contributed by atoms with E-state index in [1.807, 2.05) is 71.7 Å². The summed E-state index contributed by atoms with van der Waals surface area (Å²) in [6.07, 6.45) is 1.92. The van der Waals surface area contributed by atoms with Crippen LogP contribution < -0.4 is 5.32 Å². The fraction of sp³-hybridized carbons (Fsp3) is 0.300. The first-order valence-corrected chi connectivity index (χ1v) is 10.8. The van der Waals surface area contributed by atoms with Crippen LogP contribution in [-0.2, 0) is 7.05 Å². The van der Waals surface area contributed by atoms with Crippen molar-refractivity contribution in [2.24, 2.45) is 7.05 Å². The molecule has 0 aliphatic carbocycles. The molecule has 0 unspecified atom stereocenters. The highest BCUT2D eigenvalue weighted by Crippen LogP contribution is 2.29. The van der Waals surface area contributed by atoms with Crippen molar-refractivity contribution in [1.29, 1.82) is 0 Å². The standard InChI is InChI=1S/C20H21N3O2S2/c1-13-9-16(22(2)12-13)19(24)21-15-3-4-17-14(10-15)11-18(27-17)20(25)23-5-7-26-8-6-23/h3-4,9-12H,5-8H2,1-2H3,(H,21,24). The van der Waals surface area contributed by atoms with Crippen molar-refractivity contribution in [3.05, 3.63) is 52.7 Å². The Morgan fingerprint density at radius 2 is 1.89 bits per heavy atom. The number of fused-ring (bicyclic) bond motifs is 1. The maximum absolute atomic E-state index is 12.7. The zero-order valence-electron chi connectivity index (χ0n) is 15.3. The van der Waals surface area contributed by atoms with Gasteiger partial charge in [-0.25, -0.2) is 0 Å². The molecule has 1 N–H and O–H groups in total. The van der Waals surface area contributed by atoms with Crippen LogP contribution in [0.25, 0.3) is 10.1 Å². The molecule has 7 heteroatoms. The number of anilines is 1. The highest BCUT2D eigenvalue weighted by Gasteiger charge is 2.20. The molecule has 0 saturated carbocycles. The number of rotatable bonds is 3. The summed E-state index contributed by atoms with van der Waals surface area (Å²) in [6.45, 7) is 3.60. The lowest BCUT2D eigenvalue weighted by atomic mass is 10.2. The van der Waals surface area contributed by atoms with Gasteiger partial charge in [0.2, 0.25) is 0 Å². The van der Waals surface area contributed by atoms with Crippen LogP contribution in [0.1, 0.15) is 25.7 Å². The maximum atomic E-state index is 12.7. The minimum atomic E-state index is -0.137. The first-order chi connectivity index (χ1) is 13.0. The SMILES string of the molecule is Cc1cc(C(=O)Nc2ccc3sc(C(=O)N4CCSCC4)cc3c2)n(C)c1. The van der Waals surface area contributed by atoms with Gasteiger partial charge < -0.3 is 14.8 Å². The number of thioether (sulfide) groups is 1. The van der Waals surface area contributed by atoms with Crippen molar-refractivity contribution in [2.75, 3.05) is 29.9 Å². The van der Waals surface area contributed by atoms with Crippen molar-refractivity contribution in [3.63, 3.8) is 0 Å². The average Bonchev–Trinajstić information content (AvgIpc) is 3.24. The summed E-state index contributed by atoms with van der Waals surface area (Å²) in [5.41, 5.74) is 2.41. The molecular weight excluding hydrogens is 378 g/mol. The monoisotopic (exact) mass is 399 g/mol. The summed E-state index contributed by atoms with van der Waals surface area (Å²) in [7, 11) is 1.86. The molecule has 27 heavy (non-hydrogen) atoms. The Labute approximate surface area is 166 Å². The second-order valence-electron chi connectivity index (χ2n) is 6.74. The fourth-order valence-corrected chi connectivity index (χ4v) is 5.21. The average molecular weight is 400 g/mol. The lowest BCUT2D eigenvalue weighted by Crippen LogP contribution is -2.37. The number of amides is 2. The normalized spacial score (nSPS) is 14.5. The van der Waals surface area contributed by atoms with E-state index in [0.717, 1.165) is 50.8 Å². The van der Waals surface area contributed by atoms with Crippen LogP contribution in [-0.4, -0.2) is 45.9 Å². The summed E-state index contributed by atoms with van der Waals surface area (Å²) in [5, 5.41) is 3.94. The minimum absolute atomic E-state index is 0.112. The molecule has 1 saturated heterocycles. The predicted octanol–water partition coefficient (Wildman–Crippen LogP) is 3.99. The zero-order chi connectivity index (χ0) is 19.0. The predicted molar refractivity (Wildman–Crippen MR) is 113 cm³/mol. The smallest absolute Gasteiger partial charge is 0.272 e. The highest BCUT2D eigenvalue weighted by atomic mass is 32.2. The summed E-state index contributed by atoms with van der Waals surface area (Å²) in [4.78, 5) is 27.9. The van der Waals surface area contributed by atoms with E-state index in [-0.39, 0.29) is 11.8 Å². The molecule has 140 valence electrons. The lowest BCUT2D eigenvalue weighted by molar-refractivity contribution is 0.0777. The van der Waals surface area contributed by atoms with E-state index in [1.165, 1.54) is 11.3 Å². The molecule has 2 aromatic heterocycles. The summed E-state index contributed by atoms with van der Waals surface area (Å²) in [6, 6.07) is 9.59. The molecule has 1 aromatic carbocycles. The van der Waals surface area contributed by atoms with Gasteiger partial charge in [-0.3, -0.25) is 9.59 Å². The van der Waals surface area contributed by atoms with Crippen molar-refractivity contribution in [1.82, 2.24) is 9.47 Å². The Morgan fingerprint density at radius 3 is 2.59 bits per heavy atom. The van der Waals surface area contributed by atoms with Crippen LogP contribution >= 0.6 is 23.1 Å². The Hall–Kier alpha value is -2.25.